The third-order valence-corrected chi connectivity index (χ3v) is 2.95. The Balaban J connectivity index is 2.04. The van der Waals surface area contributed by atoms with E-state index in [1.165, 1.54) is 12.1 Å². The minimum absolute atomic E-state index is 0.115. The summed E-state index contributed by atoms with van der Waals surface area (Å²) < 4.78 is 35.4. The van der Waals surface area contributed by atoms with Gasteiger partial charge in [0, 0.05) is 6.92 Å². The fourth-order valence-electron chi connectivity index (χ4n) is 2.12. The van der Waals surface area contributed by atoms with Crippen LogP contribution < -0.4 is 4.74 Å². The van der Waals surface area contributed by atoms with Crippen LogP contribution in [0.5, 0.6) is 5.75 Å². The predicted octanol–water partition coefficient (Wildman–Crippen LogP) is 3.81. The first-order valence-corrected chi connectivity index (χ1v) is 6.20. The normalized spacial score (nSPS) is 23.7. The van der Waals surface area contributed by atoms with Crippen LogP contribution in [-0.4, -0.2) is 12.2 Å². The molecule has 19 heavy (non-hydrogen) atoms. The Morgan fingerprint density at radius 2 is 2.00 bits per heavy atom. The van der Waals surface area contributed by atoms with Gasteiger partial charge in [0.25, 0.3) is 0 Å². The zero-order chi connectivity index (χ0) is 13.9. The molecule has 0 bridgehead atoms. The van der Waals surface area contributed by atoms with Crippen molar-refractivity contribution in [3.8, 4) is 11.8 Å². The van der Waals surface area contributed by atoms with Crippen LogP contribution in [0.25, 0.3) is 0 Å². The van der Waals surface area contributed by atoms with Crippen LogP contribution in [0.2, 0.25) is 0 Å². The molecule has 0 aromatic heterocycles. The van der Waals surface area contributed by atoms with Crippen LogP contribution in [0, 0.1) is 11.3 Å². The van der Waals surface area contributed by atoms with Gasteiger partial charge in [-0.25, -0.2) is 0 Å². The molecule has 1 aromatic carbocycles. The van der Waals surface area contributed by atoms with E-state index >= 15 is 0 Å². The molecule has 1 saturated heterocycles. The van der Waals surface area contributed by atoms with Crippen molar-refractivity contribution in [2.24, 2.45) is 0 Å². The third kappa shape index (κ3) is 3.90. The molecule has 0 unspecified atom stereocenters. The molecule has 1 aliphatic heterocycles. The Morgan fingerprint density at radius 3 is 2.58 bits per heavy atom. The molecule has 5 heteroatoms. The van der Waals surface area contributed by atoms with Crippen molar-refractivity contribution in [3.63, 3.8) is 0 Å². The van der Waals surface area contributed by atoms with Crippen molar-refractivity contribution in [1.82, 2.24) is 0 Å². The number of nitrogens with zero attached hydrogens (tertiary/aromatic N) is 1. The minimum Gasteiger partial charge on any atom is -0.433 e. The molecule has 1 aliphatic rings. The molecule has 1 fully saturated rings. The SMILES string of the molecule is CC(F)(F)Oc1ccc([C@@H]2CCC[C@H](C#N)O2)cc1. The van der Waals surface area contributed by atoms with Gasteiger partial charge < -0.3 is 9.47 Å². The summed E-state index contributed by atoms with van der Waals surface area (Å²) in [4.78, 5) is 0. The minimum atomic E-state index is -3.19. The van der Waals surface area contributed by atoms with Gasteiger partial charge >= 0.3 is 6.11 Å². The van der Waals surface area contributed by atoms with E-state index in [-0.39, 0.29) is 18.0 Å². The number of hydrogen-bond donors (Lipinski definition) is 0. The molecule has 2 rings (SSSR count). The Hall–Kier alpha value is -1.67. The zero-order valence-corrected chi connectivity index (χ0v) is 10.6. The first-order chi connectivity index (χ1) is 8.98. The van der Waals surface area contributed by atoms with Gasteiger partial charge in [0.2, 0.25) is 0 Å². The molecule has 1 aromatic rings. The molecule has 0 amide bonds. The summed E-state index contributed by atoms with van der Waals surface area (Å²) in [6.45, 7) is 0.697. The highest BCUT2D eigenvalue weighted by atomic mass is 19.3. The first-order valence-electron chi connectivity index (χ1n) is 6.20. The summed E-state index contributed by atoms with van der Waals surface area (Å²) in [5, 5.41) is 8.85. The quantitative estimate of drug-likeness (QED) is 0.836. The van der Waals surface area contributed by atoms with Crippen LogP contribution in [-0.2, 0) is 4.74 Å². The van der Waals surface area contributed by atoms with Crippen molar-refractivity contribution in [2.45, 2.75) is 44.5 Å². The summed E-state index contributed by atoms with van der Waals surface area (Å²) in [7, 11) is 0. The molecule has 0 spiro atoms. The van der Waals surface area contributed by atoms with Crippen LogP contribution in [0.4, 0.5) is 8.78 Å². The number of benzene rings is 1. The lowest BCUT2D eigenvalue weighted by Crippen LogP contribution is -2.21. The average molecular weight is 267 g/mol. The Morgan fingerprint density at radius 1 is 1.32 bits per heavy atom. The monoisotopic (exact) mass is 267 g/mol. The van der Waals surface area contributed by atoms with Crippen molar-refractivity contribution in [3.05, 3.63) is 29.8 Å². The van der Waals surface area contributed by atoms with Crippen LogP contribution in [0.15, 0.2) is 24.3 Å². The lowest BCUT2D eigenvalue weighted by Gasteiger charge is -2.26. The summed E-state index contributed by atoms with van der Waals surface area (Å²) in [6, 6.07) is 8.48. The van der Waals surface area contributed by atoms with Gasteiger partial charge in [-0.3, -0.25) is 0 Å². The van der Waals surface area contributed by atoms with E-state index in [4.69, 9.17) is 10.00 Å². The van der Waals surface area contributed by atoms with E-state index in [2.05, 4.69) is 10.8 Å². The molecule has 0 radical (unpaired) electrons. The highest BCUT2D eigenvalue weighted by molar-refractivity contribution is 5.29. The second-order valence-electron chi connectivity index (χ2n) is 4.65. The number of nitriles is 1. The van der Waals surface area contributed by atoms with Gasteiger partial charge in [0.15, 0.2) is 0 Å². The van der Waals surface area contributed by atoms with Crippen molar-refractivity contribution in [1.29, 1.82) is 5.26 Å². The maximum atomic E-state index is 12.7. The summed E-state index contributed by atoms with van der Waals surface area (Å²) in [6.07, 6.45) is -1.20. The van der Waals surface area contributed by atoms with E-state index < -0.39 is 6.11 Å². The van der Waals surface area contributed by atoms with Crippen molar-refractivity contribution < 1.29 is 18.3 Å². The van der Waals surface area contributed by atoms with E-state index in [0.717, 1.165) is 24.8 Å². The Labute approximate surface area is 110 Å². The lowest BCUT2D eigenvalue weighted by atomic mass is 9.99. The second kappa shape index (κ2) is 5.54. The molecular formula is C14H15F2NO2. The topological polar surface area (TPSA) is 42.2 Å². The number of ether oxygens (including phenoxy) is 2. The van der Waals surface area contributed by atoms with Gasteiger partial charge in [-0.1, -0.05) is 12.1 Å². The summed E-state index contributed by atoms with van der Waals surface area (Å²) >= 11 is 0. The van der Waals surface area contributed by atoms with Crippen LogP contribution in [0.1, 0.15) is 37.9 Å². The fourth-order valence-corrected chi connectivity index (χ4v) is 2.12. The summed E-state index contributed by atoms with van der Waals surface area (Å²) in [5.74, 6) is 0.115. The van der Waals surface area contributed by atoms with E-state index in [1.54, 1.807) is 12.1 Å². The van der Waals surface area contributed by atoms with Gasteiger partial charge in [0.05, 0.1) is 12.2 Å². The zero-order valence-electron chi connectivity index (χ0n) is 10.6. The number of alkyl halides is 2. The third-order valence-electron chi connectivity index (χ3n) is 2.95. The van der Waals surface area contributed by atoms with Gasteiger partial charge in [-0.15, -0.1) is 0 Å². The molecule has 2 atom stereocenters. The number of halogens is 2. The smallest absolute Gasteiger partial charge is 0.394 e. The number of rotatable bonds is 3. The van der Waals surface area contributed by atoms with Crippen LogP contribution in [0.3, 0.4) is 0 Å². The molecule has 0 saturated carbocycles. The Bertz CT molecular complexity index is 462. The number of hydrogen-bond acceptors (Lipinski definition) is 3. The molecular weight excluding hydrogens is 252 g/mol. The summed E-state index contributed by atoms with van der Waals surface area (Å²) in [5.41, 5.74) is 0.881. The van der Waals surface area contributed by atoms with Gasteiger partial charge in [-0.2, -0.15) is 14.0 Å². The highest BCUT2D eigenvalue weighted by Crippen LogP contribution is 2.32. The molecule has 102 valence electrons. The van der Waals surface area contributed by atoms with E-state index in [0.29, 0.717) is 6.92 Å². The highest BCUT2D eigenvalue weighted by Gasteiger charge is 2.25. The standard InChI is InChI=1S/C14H15F2NO2/c1-14(15,16)19-11-7-5-10(6-8-11)13-4-2-3-12(9-17)18-13/h5-8,12-13H,2-4H2,1H3/t12-,13+/m1/s1. The second-order valence-corrected chi connectivity index (χ2v) is 4.65. The average Bonchev–Trinajstić information content (AvgIpc) is 2.38. The van der Waals surface area contributed by atoms with Gasteiger partial charge in [0.1, 0.15) is 11.9 Å². The van der Waals surface area contributed by atoms with Crippen molar-refractivity contribution >= 4 is 0 Å². The van der Waals surface area contributed by atoms with Gasteiger partial charge in [-0.05, 0) is 37.0 Å². The maximum Gasteiger partial charge on any atom is 0.394 e. The van der Waals surface area contributed by atoms with Crippen LogP contribution >= 0.6 is 0 Å². The molecule has 0 N–H and O–H groups in total. The van der Waals surface area contributed by atoms with E-state index in [1.807, 2.05) is 0 Å². The van der Waals surface area contributed by atoms with E-state index in [9.17, 15) is 8.78 Å². The molecule has 1 heterocycles. The Kier molecular flexibility index (Phi) is 4.01. The maximum absolute atomic E-state index is 12.7. The molecule has 0 aliphatic carbocycles. The lowest BCUT2D eigenvalue weighted by molar-refractivity contribution is -0.158. The first kappa shape index (κ1) is 13.8. The largest absolute Gasteiger partial charge is 0.433 e. The predicted molar refractivity (Wildman–Crippen MR) is 64.8 cm³/mol. The fraction of sp³-hybridized carbons (Fsp3) is 0.500. The van der Waals surface area contributed by atoms with Crippen molar-refractivity contribution in [2.75, 3.05) is 0 Å². The molecule has 3 nitrogen and oxygen atoms in total.